The molecule has 11 heteroatoms. The lowest BCUT2D eigenvalue weighted by Gasteiger charge is -2.41. The van der Waals surface area contributed by atoms with Crippen molar-refractivity contribution in [2.75, 3.05) is 37.7 Å². The Hall–Kier alpha value is -4.51. The van der Waals surface area contributed by atoms with E-state index >= 15 is 8.78 Å². The molecule has 3 aromatic carbocycles. The summed E-state index contributed by atoms with van der Waals surface area (Å²) in [5, 5.41) is 11.5. The van der Waals surface area contributed by atoms with Crippen LogP contribution in [0, 0.1) is 17.5 Å². The number of halogens is 4. The maximum Gasteiger partial charge on any atom is 0.319 e. The highest BCUT2D eigenvalue weighted by atomic mass is 19.1. The number of alkyl halides is 1. The molecule has 47 heavy (non-hydrogen) atoms. The number of aromatic hydroxyl groups is 1. The lowest BCUT2D eigenvalue weighted by molar-refractivity contribution is 0.107. The number of benzene rings is 3. The van der Waals surface area contributed by atoms with Gasteiger partial charge in [-0.3, -0.25) is 9.88 Å². The Bertz CT molecular complexity index is 2020. The fourth-order valence-corrected chi connectivity index (χ4v) is 7.90. The maximum atomic E-state index is 16.9. The zero-order chi connectivity index (χ0) is 32.4. The Kier molecular flexibility index (Phi) is 7.20. The van der Waals surface area contributed by atoms with E-state index in [4.69, 9.17) is 4.74 Å². The van der Waals surface area contributed by atoms with Crippen molar-refractivity contribution in [3.8, 4) is 22.9 Å². The van der Waals surface area contributed by atoms with Gasteiger partial charge in [-0.05, 0) is 89.7 Å². The topological polar surface area (TPSA) is 74.6 Å². The van der Waals surface area contributed by atoms with E-state index in [0.717, 1.165) is 24.9 Å². The van der Waals surface area contributed by atoms with Crippen LogP contribution in [0.15, 0.2) is 54.9 Å². The number of aromatic nitrogens is 3. The first-order valence-electron chi connectivity index (χ1n) is 16.1. The normalized spacial score (nSPS) is 21.5. The summed E-state index contributed by atoms with van der Waals surface area (Å²) in [6.45, 7) is 4.15. The Labute approximate surface area is 268 Å². The van der Waals surface area contributed by atoms with E-state index in [1.54, 1.807) is 19.3 Å². The summed E-state index contributed by atoms with van der Waals surface area (Å²) < 4.78 is 68.7. The van der Waals surface area contributed by atoms with E-state index in [0.29, 0.717) is 42.6 Å². The third kappa shape index (κ3) is 4.94. The average Bonchev–Trinajstić information content (AvgIpc) is 3.56. The van der Waals surface area contributed by atoms with Crippen molar-refractivity contribution in [1.82, 2.24) is 19.9 Å². The molecule has 3 aliphatic heterocycles. The molecule has 0 radical (unpaired) electrons. The van der Waals surface area contributed by atoms with Crippen LogP contribution in [0.4, 0.5) is 23.4 Å². The standard InChI is InChI=1S/C36H33F4N5O2/c1-2-25-28(38)5-4-21-12-24(46)13-26(30(21)25)31-29(39)14-27-33(32(31)40)42-35(47-19-36-8-3-11-45(36)18-23(37)15-36)43-34(27)44-16-22(17-44)20-6-9-41-10-7-20/h4-7,9-10,12-14,22-23,46H,2-3,8,11,15-19H2,1H3/t23-,36+/m1/s1. The highest BCUT2D eigenvalue weighted by Gasteiger charge is 2.49. The van der Waals surface area contributed by atoms with E-state index in [2.05, 4.69) is 19.9 Å². The van der Waals surface area contributed by atoms with Crippen LogP contribution in [-0.4, -0.2) is 69.5 Å². The maximum absolute atomic E-state index is 16.9. The van der Waals surface area contributed by atoms with Gasteiger partial charge < -0.3 is 14.7 Å². The minimum absolute atomic E-state index is 0.0259. The van der Waals surface area contributed by atoms with Gasteiger partial charge in [0.25, 0.3) is 0 Å². The largest absolute Gasteiger partial charge is 0.508 e. The fourth-order valence-electron chi connectivity index (χ4n) is 7.90. The molecule has 8 rings (SSSR count). The molecule has 1 N–H and O–H groups in total. The van der Waals surface area contributed by atoms with Crippen molar-refractivity contribution in [2.45, 2.75) is 50.2 Å². The monoisotopic (exact) mass is 643 g/mol. The second kappa shape index (κ2) is 11.3. The molecule has 7 nitrogen and oxygen atoms in total. The van der Waals surface area contributed by atoms with Gasteiger partial charge >= 0.3 is 6.01 Å². The average molecular weight is 644 g/mol. The molecule has 3 aliphatic rings. The molecule has 0 bridgehead atoms. The number of hydrogen-bond donors (Lipinski definition) is 1. The molecule has 0 saturated carbocycles. The predicted molar refractivity (Wildman–Crippen MR) is 171 cm³/mol. The number of aryl methyl sites for hydroxylation is 1. The van der Waals surface area contributed by atoms with Crippen LogP contribution < -0.4 is 9.64 Å². The van der Waals surface area contributed by atoms with Crippen LogP contribution in [0.25, 0.3) is 32.8 Å². The SMILES string of the molecule is CCc1c(F)ccc2cc(O)cc(-c3c(F)cc4c(N5CC(c6ccncc6)C5)nc(OC[C@@]56CCCN5C[C@H](F)C6)nc4c3F)c12. The first kappa shape index (κ1) is 29.9. The van der Waals surface area contributed by atoms with Crippen molar-refractivity contribution < 1.29 is 27.4 Å². The zero-order valence-corrected chi connectivity index (χ0v) is 25.8. The van der Waals surface area contributed by atoms with E-state index in [1.165, 1.54) is 30.3 Å². The van der Waals surface area contributed by atoms with Gasteiger partial charge in [-0.2, -0.15) is 9.97 Å². The zero-order valence-electron chi connectivity index (χ0n) is 25.8. The van der Waals surface area contributed by atoms with Gasteiger partial charge in [0.1, 0.15) is 41.5 Å². The van der Waals surface area contributed by atoms with Crippen molar-refractivity contribution in [2.24, 2.45) is 0 Å². The highest BCUT2D eigenvalue weighted by molar-refractivity contribution is 6.03. The fraction of sp³-hybridized carbons (Fsp3) is 0.361. The molecule has 3 saturated heterocycles. The molecule has 2 atom stereocenters. The number of ether oxygens (including phenoxy) is 1. The second-order valence-corrected chi connectivity index (χ2v) is 13.0. The molecule has 0 unspecified atom stereocenters. The lowest BCUT2D eigenvalue weighted by Crippen LogP contribution is -2.46. The Morgan fingerprint density at radius 1 is 1.00 bits per heavy atom. The minimum Gasteiger partial charge on any atom is -0.508 e. The first-order chi connectivity index (χ1) is 22.7. The molecule has 5 heterocycles. The van der Waals surface area contributed by atoms with Gasteiger partial charge in [0.15, 0.2) is 5.82 Å². The molecule has 2 aromatic heterocycles. The predicted octanol–water partition coefficient (Wildman–Crippen LogP) is 7.09. The first-order valence-corrected chi connectivity index (χ1v) is 16.1. The van der Waals surface area contributed by atoms with E-state index < -0.39 is 34.7 Å². The third-order valence-electron chi connectivity index (χ3n) is 10.2. The number of phenols is 1. The number of fused-ring (bicyclic) bond motifs is 3. The van der Waals surface area contributed by atoms with Crippen molar-refractivity contribution in [3.63, 3.8) is 0 Å². The Balaban J connectivity index is 1.26. The van der Waals surface area contributed by atoms with Crippen LogP contribution in [0.1, 0.15) is 43.2 Å². The molecule has 0 aliphatic carbocycles. The van der Waals surface area contributed by atoms with Gasteiger partial charge in [-0.1, -0.05) is 13.0 Å². The van der Waals surface area contributed by atoms with Crippen LogP contribution >= 0.6 is 0 Å². The van der Waals surface area contributed by atoms with E-state index in [1.807, 2.05) is 17.0 Å². The lowest BCUT2D eigenvalue weighted by atomic mass is 9.90. The van der Waals surface area contributed by atoms with Gasteiger partial charge in [0.05, 0.1) is 11.1 Å². The van der Waals surface area contributed by atoms with E-state index in [9.17, 15) is 13.9 Å². The number of nitrogens with zero attached hydrogens (tertiary/aromatic N) is 5. The number of pyridine rings is 1. The Morgan fingerprint density at radius 2 is 1.81 bits per heavy atom. The summed E-state index contributed by atoms with van der Waals surface area (Å²) in [5.41, 5.74) is 0.351. The summed E-state index contributed by atoms with van der Waals surface area (Å²) in [4.78, 5) is 17.3. The second-order valence-electron chi connectivity index (χ2n) is 13.0. The number of hydrogen-bond acceptors (Lipinski definition) is 7. The molecule has 5 aromatic rings. The quantitative estimate of drug-likeness (QED) is 0.190. The number of rotatable bonds is 7. The molecule has 0 spiro atoms. The van der Waals surface area contributed by atoms with Crippen LogP contribution in [0.5, 0.6) is 11.8 Å². The van der Waals surface area contributed by atoms with Crippen molar-refractivity contribution in [1.29, 1.82) is 0 Å². The highest BCUT2D eigenvalue weighted by Crippen LogP contribution is 2.44. The summed E-state index contributed by atoms with van der Waals surface area (Å²) >= 11 is 0. The minimum atomic E-state index is -0.969. The van der Waals surface area contributed by atoms with E-state index in [-0.39, 0.29) is 52.7 Å². The number of phenolic OH excluding ortho intramolecular Hbond substituents is 1. The van der Waals surface area contributed by atoms with Crippen molar-refractivity contribution in [3.05, 3.63) is 83.4 Å². The molecular formula is C36H33F4N5O2. The summed E-state index contributed by atoms with van der Waals surface area (Å²) in [6.07, 6.45) is 4.84. The summed E-state index contributed by atoms with van der Waals surface area (Å²) in [7, 11) is 0. The van der Waals surface area contributed by atoms with Crippen LogP contribution in [0.2, 0.25) is 0 Å². The molecule has 3 fully saturated rings. The van der Waals surface area contributed by atoms with Crippen molar-refractivity contribution >= 4 is 27.5 Å². The molecule has 0 amide bonds. The Morgan fingerprint density at radius 3 is 2.60 bits per heavy atom. The molecular weight excluding hydrogens is 610 g/mol. The van der Waals surface area contributed by atoms with Gasteiger partial charge in [0.2, 0.25) is 0 Å². The molecule has 242 valence electrons. The smallest absolute Gasteiger partial charge is 0.319 e. The number of anilines is 1. The third-order valence-corrected chi connectivity index (χ3v) is 10.2. The summed E-state index contributed by atoms with van der Waals surface area (Å²) in [5.74, 6) is -2.07. The van der Waals surface area contributed by atoms with Gasteiger partial charge in [-0.15, -0.1) is 0 Å². The van der Waals surface area contributed by atoms with Gasteiger partial charge in [-0.25, -0.2) is 17.6 Å². The van der Waals surface area contributed by atoms with Crippen LogP contribution in [0.3, 0.4) is 0 Å². The summed E-state index contributed by atoms with van der Waals surface area (Å²) in [6, 6.07) is 10.5. The van der Waals surface area contributed by atoms with Gasteiger partial charge in [0, 0.05) is 49.8 Å². The van der Waals surface area contributed by atoms with Crippen LogP contribution in [-0.2, 0) is 6.42 Å².